The number of nitrogens with one attached hydrogen (secondary N) is 1. The Bertz CT molecular complexity index is 1130. The Labute approximate surface area is 211 Å². The van der Waals surface area contributed by atoms with Crippen LogP contribution >= 0.6 is 11.6 Å². The third-order valence-corrected chi connectivity index (χ3v) is 7.42. The zero-order valence-electron chi connectivity index (χ0n) is 19.8. The van der Waals surface area contributed by atoms with Crippen LogP contribution in [0.2, 0.25) is 5.15 Å². The van der Waals surface area contributed by atoms with E-state index in [1.165, 1.54) is 11.8 Å². The summed E-state index contributed by atoms with van der Waals surface area (Å²) in [7, 11) is 1.53. The molecule has 1 N–H and O–H groups in total. The van der Waals surface area contributed by atoms with E-state index >= 15 is 4.39 Å². The number of nitrogens with zero attached hydrogens (tertiary/aromatic N) is 4. The van der Waals surface area contributed by atoms with Crippen molar-refractivity contribution in [3.63, 3.8) is 0 Å². The summed E-state index contributed by atoms with van der Waals surface area (Å²) in [5.74, 6) is 0. The summed E-state index contributed by atoms with van der Waals surface area (Å²) in [6.07, 6.45) is -1.90. The highest BCUT2D eigenvalue weighted by Gasteiger charge is 2.40. The predicted octanol–water partition coefficient (Wildman–Crippen LogP) is 4.07. The summed E-state index contributed by atoms with van der Waals surface area (Å²) in [4.78, 5) is 6.62. The minimum Gasteiger partial charge on any atom is -0.383 e. The van der Waals surface area contributed by atoms with Crippen molar-refractivity contribution in [3.8, 4) is 0 Å². The molecule has 2 aromatic heterocycles. The van der Waals surface area contributed by atoms with E-state index in [0.717, 1.165) is 12.6 Å². The lowest BCUT2D eigenvalue weighted by atomic mass is 10.0. The maximum absolute atomic E-state index is 15.1. The second-order valence-corrected chi connectivity index (χ2v) is 9.72. The van der Waals surface area contributed by atoms with Crippen LogP contribution in [0.5, 0.6) is 0 Å². The number of fused-ring (bicyclic) bond motifs is 1. The van der Waals surface area contributed by atoms with Gasteiger partial charge < -0.3 is 14.8 Å². The first-order valence-corrected chi connectivity index (χ1v) is 12.3. The number of anilines is 1. The van der Waals surface area contributed by atoms with Gasteiger partial charge in [0, 0.05) is 62.1 Å². The summed E-state index contributed by atoms with van der Waals surface area (Å²) in [5, 5.41) is 7.75. The van der Waals surface area contributed by atoms with Gasteiger partial charge in [0.2, 0.25) is 0 Å². The summed E-state index contributed by atoms with van der Waals surface area (Å²) < 4.78 is 67.6. The molecular formula is C24H28ClF4N5O2. The van der Waals surface area contributed by atoms with Crippen LogP contribution in [0.1, 0.15) is 35.0 Å². The average Bonchev–Trinajstić information content (AvgIpc) is 3.37. The lowest BCUT2D eigenvalue weighted by Crippen LogP contribution is -2.55. The molecule has 2 aliphatic heterocycles. The molecule has 2 atom stereocenters. The molecular weight excluding hydrogens is 502 g/mol. The number of rotatable bonds is 8. The number of aromatic nitrogens is 3. The van der Waals surface area contributed by atoms with E-state index in [1.807, 2.05) is 0 Å². The molecule has 0 spiro atoms. The average molecular weight is 530 g/mol. The van der Waals surface area contributed by atoms with Crippen LogP contribution in [-0.2, 0) is 22.3 Å². The van der Waals surface area contributed by atoms with E-state index in [-0.39, 0.29) is 24.4 Å². The number of alkyl halides is 4. The number of halogens is 5. The molecule has 2 fully saturated rings. The summed E-state index contributed by atoms with van der Waals surface area (Å²) in [6, 6.07) is 1.42. The Hall–Kier alpha value is -2.21. The Balaban J connectivity index is 1.35. The van der Waals surface area contributed by atoms with Gasteiger partial charge in [-0.1, -0.05) is 17.7 Å². The van der Waals surface area contributed by atoms with Crippen LogP contribution < -0.4 is 5.32 Å². The highest BCUT2D eigenvalue weighted by Crippen LogP contribution is 2.43. The molecule has 2 saturated heterocycles. The molecule has 12 heteroatoms. The zero-order valence-corrected chi connectivity index (χ0v) is 20.6. The molecule has 2 aromatic rings. The fourth-order valence-electron chi connectivity index (χ4n) is 5.07. The Morgan fingerprint density at radius 1 is 1.31 bits per heavy atom. The maximum Gasteiger partial charge on any atom is 0.416 e. The topological polar surface area (TPSA) is 64.4 Å². The van der Waals surface area contributed by atoms with Gasteiger partial charge in [-0.3, -0.25) is 9.88 Å². The summed E-state index contributed by atoms with van der Waals surface area (Å²) in [5.41, 5.74) is 1.32. The van der Waals surface area contributed by atoms with Crippen LogP contribution in [0.15, 0.2) is 18.3 Å². The van der Waals surface area contributed by atoms with Gasteiger partial charge in [0.1, 0.15) is 11.3 Å². The molecule has 5 rings (SSSR count). The monoisotopic (exact) mass is 529 g/mol. The highest BCUT2D eigenvalue weighted by atomic mass is 35.5. The van der Waals surface area contributed by atoms with E-state index < -0.39 is 24.0 Å². The third-order valence-electron chi connectivity index (χ3n) is 7.01. The van der Waals surface area contributed by atoms with Crippen molar-refractivity contribution >= 4 is 22.9 Å². The quantitative estimate of drug-likeness (QED) is 0.411. The number of likely N-dealkylation sites (tertiary alicyclic amines) is 1. The molecule has 4 heterocycles. The fraction of sp³-hybridized carbons (Fsp3) is 0.583. The molecule has 0 amide bonds. The number of piperidine rings is 1. The first kappa shape index (κ1) is 25.4. The van der Waals surface area contributed by atoms with E-state index in [0.29, 0.717) is 67.1 Å². The maximum atomic E-state index is 15.1. The molecule has 0 bridgehead atoms. The molecule has 0 unspecified atom stereocenters. The van der Waals surface area contributed by atoms with Crippen molar-refractivity contribution in [2.45, 2.75) is 43.7 Å². The van der Waals surface area contributed by atoms with Crippen molar-refractivity contribution < 1.29 is 27.0 Å². The fourth-order valence-corrected chi connectivity index (χ4v) is 5.35. The molecule has 1 aliphatic carbocycles. The molecule has 3 aliphatic rings. The first-order chi connectivity index (χ1) is 17.3. The SMILES string of the molecule is COCCNc1cc(Cc2cnn([C@H]3CCN(C4COC4)C[C@@H]3F)c2Cl)nc2c1C(C(F)(F)F)=CC2. The standard InChI is InChI=1S/C24H28ClF4N5O2/c1-35-7-5-30-20-9-15(32-19-3-2-17(22(19)20)24(27,28)29)8-14-10-31-34(23(14)25)21-4-6-33(11-18(21)26)16-12-36-13-16/h2,9-10,16,18,21H,3-8,11-13H2,1H3,(H,30,32)/t18-,21-/m0/s1. The van der Waals surface area contributed by atoms with Gasteiger partial charge in [-0.25, -0.2) is 9.07 Å². The van der Waals surface area contributed by atoms with Crippen LogP contribution in [-0.4, -0.2) is 84.6 Å². The van der Waals surface area contributed by atoms with E-state index in [9.17, 15) is 13.2 Å². The largest absolute Gasteiger partial charge is 0.416 e. The summed E-state index contributed by atoms with van der Waals surface area (Å²) >= 11 is 6.63. The number of allylic oxidation sites excluding steroid dienone is 2. The van der Waals surface area contributed by atoms with Gasteiger partial charge in [-0.15, -0.1) is 0 Å². The number of methoxy groups -OCH3 is 1. The second kappa shape index (κ2) is 10.3. The van der Waals surface area contributed by atoms with E-state index in [2.05, 4.69) is 20.3 Å². The normalized spacial score (nSPS) is 22.9. The van der Waals surface area contributed by atoms with E-state index in [4.69, 9.17) is 21.1 Å². The Morgan fingerprint density at radius 3 is 2.78 bits per heavy atom. The third kappa shape index (κ3) is 4.98. The van der Waals surface area contributed by atoms with Crippen LogP contribution in [0, 0.1) is 0 Å². The molecule has 0 radical (unpaired) electrons. The lowest BCUT2D eigenvalue weighted by molar-refractivity contribution is -0.0847. The number of hydrogen-bond acceptors (Lipinski definition) is 6. The molecule has 0 saturated carbocycles. The lowest BCUT2D eigenvalue weighted by Gasteiger charge is -2.42. The molecule has 7 nitrogen and oxygen atoms in total. The van der Waals surface area contributed by atoms with Crippen molar-refractivity contribution in [2.75, 3.05) is 51.9 Å². The van der Waals surface area contributed by atoms with Crippen LogP contribution in [0.4, 0.5) is 23.2 Å². The molecule has 0 aromatic carbocycles. The Kier molecular flexibility index (Phi) is 7.26. The first-order valence-electron chi connectivity index (χ1n) is 12.0. The van der Waals surface area contributed by atoms with Crippen molar-refractivity contribution in [2.24, 2.45) is 0 Å². The van der Waals surface area contributed by atoms with Gasteiger partial charge in [-0.2, -0.15) is 18.3 Å². The smallest absolute Gasteiger partial charge is 0.383 e. The number of hydrogen-bond donors (Lipinski definition) is 1. The molecule has 196 valence electrons. The van der Waals surface area contributed by atoms with Gasteiger partial charge in [0.15, 0.2) is 0 Å². The zero-order chi connectivity index (χ0) is 25.4. The minimum absolute atomic E-state index is 0.0769. The predicted molar refractivity (Wildman–Crippen MR) is 127 cm³/mol. The number of ether oxygens (including phenoxy) is 2. The van der Waals surface area contributed by atoms with Gasteiger partial charge in [0.05, 0.1) is 49.4 Å². The number of pyridine rings is 1. The van der Waals surface area contributed by atoms with Crippen LogP contribution in [0.3, 0.4) is 0 Å². The molecule has 36 heavy (non-hydrogen) atoms. The summed E-state index contributed by atoms with van der Waals surface area (Å²) in [6.45, 7) is 3.01. The second-order valence-electron chi connectivity index (χ2n) is 9.36. The van der Waals surface area contributed by atoms with Crippen molar-refractivity contribution in [1.82, 2.24) is 19.7 Å². The Morgan fingerprint density at radius 2 is 2.11 bits per heavy atom. The van der Waals surface area contributed by atoms with Crippen molar-refractivity contribution in [3.05, 3.63) is 46.0 Å². The van der Waals surface area contributed by atoms with E-state index in [1.54, 1.807) is 12.3 Å². The van der Waals surface area contributed by atoms with Gasteiger partial charge in [-0.05, 0) is 12.5 Å². The van der Waals surface area contributed by atoms with Gasteiger partial charge >= 0.3 is 6.18 Å². The highest BCUT2D eigenvalue weighted by molar-refractivity contribution is 6.30. The van der Waals surface area contributed by atoms with Crippen LogP contribution in [0.25, 0.3) is 5.57 Å². The van der Waals surface area contributed by atoms with Crippen molar-refractivity contribution in [1.29, 1.82) is 0 Å². The van der Waals surface area contributed by atoms with Gasteiger partial charge in [0.25, 0.3) is 0 Å². The minimum atomic E-state index is -4.47.